The summed E-state index contributed by atoms with van der Waals surface area (Å²) >= 11 is 1.55. The van der Waals surface area contributed by atoms with Crippen molar-refractivity contribution in [2.24, 2.45) is 15.6 Å². The first-order chi connectivity index (χ1) is 7.25. The van der Waals surface area contributed by atoms with E-state index in [-0.39, 0.29) is 6.04 Å². The van der Waals surface area contributed by atoms with E-state index in [1.165, 1.54) is 11.1 Å². The molecule has 1 aliphatic heterocycles. The molecule has 0 radical (unpaired) electrons. The van der Waals surface area contributed by atoms with Crippen LogP contribution >= 0.6 is 11.9 Å². The first kappa shape index (κ1) is 10.7. The van der Waals surface area contributed by atoms with Crippen molar-refractivity contribution in [2.75, 3.05) is 5.75 Å². The van der Waals surface area contributed by atoms with Crippen molar-refractivity contribution < 1.29 is 0 Å². The van der Waals surface area contributed by atoms with Crippen molar-refractivity contribution in [2.45, 2.75) is 26.3 Å². The van der Waals surface area contributed by atoms with Gasteiger partial charge in [-0.3, -0.25) is 0 Å². The molecule has 3 heteroatoms. The SMILES string of the molecule is CC(C)Cc1ccc(C2CSN=N2)cc1. The molecule has 0 saturated heterocycles. The number of hydrogen-bond donors (Lipinski definition) is 0. The Bertz CT molecular complexity index is 343. The molecule has 0 amide bonds. The Morgan fingerprint density at radius 2 is 2.07 bits per heavy atom. The molecule has 0 bridgehead atoms. The van der Waals surface area contributed by atoms with Gasteiger partial charge in [-0.1, -0.05) is 38.1 Å². The van der Waals surface area contributed by atoms with Gasteiger partial charge >= 0.3 is 0 Å². The highest BCUT2D eigenvalue weighted by molar-refractivity contribution is 7.98. The fourth-order valence-corrected chi connectivity index (χ4v) is 2.39. The lowest BCUT2D eigenvalue weighted by Crippen LogP contribution is -1.97. The Kier molecular flexibility index (Phi) is 3.41. The molecule has 1 unspecified atom stereocenters. The van der Waals surface area contributed by atoms with Gasteiger partial charge in [-0.05, 0) is 35.4 Å². The fourth-order valence-electron chi connectivity index (χ4n) is 1.74. The summed E-state index contributed by atoms with van der Waals surface area (Å²) in [6.45, 7) is 4.49. The van der Waals surface area contributed by atoms with Crippen molar-refractivity contribution in [3.63, 3.8) is 0 Å². The average Bonchev–Trinajstić information content (AvgIpc) is 2.71. The number of rotatable bonds is 3. The van der Waals surface area contributed by atoms with E-state index >= 15 is 0 Å². The van der Waals surface area contributed by atoms with Crippen LogP contribution in [0.2, 0.25) is 0 Å². The zero-order chi connectivity index (χ0) is 10.7. The minimum Gasteiger partial charge on any atom is -0.173 e. The smallest absolute Gasteiger partial charge is 0.108 e. The molecule has 2 nitrogen and oxygen atoms in total. The van der Waals surface area contributed by atoms with Crippen LogP contribution in [0, 0.1) is 5.92 Å². The van der Waals surface area contributed by atoms with E-state index in [1.807, 2.05) is 0 Å². The minimum absolute atomic E-state index is 0.281. The second-order valence-electron chi connectivity index (χ2n) is 4.35. The van der Waals surface area contributed by atoms with E-state index in [0.717, 1.165) is 18.1 Å². The lowest BCUT2D eigenvalue weighted by Gasteiger charge is -2.08. The minimum atomic E-state index is 0.281. The lowest BCUT2D eigenvalue weighted by molar-refractivity contribution is 0.647. The fraction of sp³-hybridized carbons (Fsp3) is 0.500. The van der Waals surface area contributed by atoms with Gasteiger partial charge < -0.3 is 0 Å². The van der Waals surface area contributed by atoms with E-state index in [0.29, 0.717) is 0 Å². The predicted octanol–water partition coefficient (Wildman–Crippen LogP) is 4.04. The molecule has 1 aromatic carbocycles. The number of hydrogen-bond acceptors (Lipinski definition) is 3. The lowest BCUT2D eigenvalue weighted by atomic mass is 10.0. The zero-order valence-corrected chi connectivity index (χ0v) is 10.00. The molecule has 0 spiro atoms. The van der Waals surface area contributed by atoms with Crippen LogP contribution in [-0.4, -0.2) is 5.75 Å². The van der Waals surface area contributed by atoms with Gasteiger partial charge in [0.2, 0.25) is 0 Å². The molecule has 0 saturated carbocycles. The summed E-state index contributed by atoms with van der Waals surface area (Å²) in [4.78, 5) is 0. The Balaban J connectivity index is 2.06. The van der Waals surface area contributed by atoms with Gasteiger partial charge in [0.1, 0.15) is 6.04 Å². The molecule has 1 aromatic rings. The quantitative estimate of drug-likeness (QED) is 0.705. The molecule has 0 N–H and O–H groups in total. The maximum atomic E-state index is 4.18. The first-order valence-electron chi connectivity index (χ1n) is 5.36. The molecule has 1 heterocycles. The van der Waals surface area contributed by atoms with Crippen LogP contribution in [0.4, 0.5) is 0 Å². The summed E-state index contributed by atoms with van der Waals surface area (Å²) in [5.74, 6) is 1.71. The first-order valence-corrected chi connectivity index (χ1v) is 6.31. The molecule has 15 heavy (non-hydrogen) atoms. The second-order valence-corrected chi connectivity index (χ2v) is 5.10. The van der Waals surface area contributed by atoms with E-state index in [9.17, 15) is 0 Å². The monoisotopic (exact) mass is 220 g/mol. The molecular formula is C12H16N2S. The average molecular weight is 220 g/mol. The third kappa shape index (κ3) is 2.81. The van der Waals surface area contributed by atoms with Gasteiger partial charge in [-0.15, -0.1) is 4.52 Å². The van der Waals surface area contributed by atoms with Crippen LogP contribution < -0.4 is 0 Å². The Morgan fingerprint density at radius 1 is 1.33 bits per heavy atom. The van der Waals surface area contributed by atoms with Crippen LogP contribution in [0.3, 0.4) is 0 Å². The highest BCUT2D eigenvalue weighted by atomic mass is 32.2. The standard InChI is InChI=1S/C12H16N2S/c1-9(2)7-10-3-5-11(6-4-10)12-8-15-14-13-12/h3-6,9,12H,7-8H2,1-2H3. The third-order valence-corrected chi connectivity index (χ3v) is 3.16. The van der Waals surface area contributed by atoms with Crippen LogP contribution in [-0.2, 0) is 6.42 Å². The van der Waals surface area contributed by atoms with Crippen LogP contribution in [0.1, 0.15) is 31.0 Å². The topological polar surface area (TPSA) is 24.7 Å². The van der Waals surface area contributed by atoms with Crippen LogP contribution in [0.15, 0.2) is 33.9 Å². The van der Waals surface area contributed by atoms with Crippen molar-refractivity contribution in [1.29, 1.82) is 0 Å². The molecular weight excluding hydrogens is 204 g/mol. The number of benzene rings is 1. The predicted molar refractivity (Wildman–Crippen MR) is 65.0 cm³/mol. The molecule has 1 aliphatic rings. The van der Waals surface area contributed by atoms with Crippen molar-refractivity contribution in [3.05, 3.63) is 35.4 Å². The van der Waals surface area contributed by atoms with E-state index in [1.54, 1.807) is 11.9 Å². The third-order valence-electron chi connectivity index (χ3n) is 2.49. The van der Waals surface area contributed by atoms with Crippen molar-refractivity contribution in [1.82, 2.24) is 0 Å². The summed E-state index contributed by atoms with van der Waals surface area (Å²) in [6.07, 6.45) is 1.15. The molecule has 1 atom stereocenters. The summed E-state index contributed by atoms with van der Waals surface area (Å²) in [5, 5.41) is 4.18. The summed E-state index contributed by atoms with van der Waals surface area (Å²) in [5.41, 5.74) is 2.70. The van der Waals surface area contributed by atoms with Gasteiger partial charge in [0, 0.05) is 5.75 Å². The molecule has 80 valence electrons. The van der Waals surface area contributed by atoms with Gasteiger partial charge in [0.15, 0.2) is 0 Å². The van der Waals surface area contributed by atoms with Gasteiger partial charge in [-0.2, -0.15) is 5.11 Å². The molecule has 0 aromatic heterocycles. The van der Waals surface area contributed by atoms with Crippen molar-refractivity contribution >= 4 is 11.9 Å². The molecule has 2 rings (SSSR count). The van der Waals surface area contributed by atoms with Crippen LogP contribution in [0.5, 0.6) is 0 Å². The summed E-state index contributed by atoms with van der Waals surface area (Å²) < 4.78 is 3.95. The van der Waals surface area contributed by atoms with Gasteiger partial charge in [-0.25, -0.2) is 0 Å². The Hall–Kier alpha value is -0.830. The molecule has 0 aliphatic carbocycles. The van der Waals surface area contributed by atoms with Gasteiger partial charge in [0.25, 0.3) is 0 Å². The Morgan fingerprint density at radius 3 is 2.60 bits per heavy atom. The zero-order valence-electron chi connectivity index (χ0n) is 9.18. The van der Waals surface area contributed by atoms with E-state index in [4.69, 9.17) is 0 Å². The largest absolute Gasteiger partial charge is 0.173 e. The van der Waals surface area contributed by atoms with Crippen LogP contribution in [0.25, 0.3) is 0 Å². The van der Waals surface area contributed by atoms with E-state index in [2.05, 4.69) is 47.7 Å². The van der Waals surface area contributed by atoms with Gasteiger partial charge in [0.05, 0.1) is 0 Å². The maximum absolute atomic E-state index is 4.18. The highest BCUT2D eigenvalue weighted by Gasteiger charge is 2.14. The van der Waals surface area contributed by atoms with Crippen molar-refractivity contribution in [3.8, 4) is 0 Å². The highest BCUT2D eigenvalue weighted by Crippen LogP contribution is 2.30. The molecule has 0 fully saturated rings. The summed E-state index contributed by atoms with van der Waals surface area (Å²) in [7, 11) is 0. The second kappa shape index (κ2) is 4.79. The van der Waals surface area contributed by atoms with E-state index < -0.39 is 0 Å². The Labute approximate surface area is 95.3 Å². The summed E-state index contributed by atoms with van der Waals surface area (Å²) in [6, 6.07) is 9.09. The number of nitrogens with zero attached hydrogens (tertiary/aromatic N) is 2. The normalized spacial score (nSPS) is 20.1. The maximum Gasteiger partial charge on any atom is 0.108 e.